The quantitative estimate of drug-likeness (QED) is 0.727. The minimum atomic E-state index is -0.112. The molecular weight excluding hydrogens is 356 g/mol. The summed E-state index contributed by atoms with van der Waals surface area (Å²) in [4.78, 5) is 14.8. The summed E-state index contributed by atoms with van der Waals surface area (Å²) < 4.78 is 6.95. The highest BCUT2D eigenvalue weighted by Crippen LogP contribution is 2.26. The molecule has 0 bridgehead atoms. The van der Waals surface area contributed by atoms with Crippen LogP contribution in [0.25, 0.3) is 5.69 Å². The Balaban J connectivity index is 1.50. The van der Waals surface area contributed by atoms with Crippen molar-refractivity contribution in [3.8, 4) is 11.4 Å². The Hall–Kier alpha value is -3.29. The van der Waals surface area contributed by atoms with Crippen molar-refractivity contribution < 1.29 is 9.53 Å². The first kappa shape index (κ1) is 18.1. The second-order valence-corrected chi connectivity index (χ2v) is 7.01. The predicted molar refractivity (Wildman–Crippen MR) is 106 cm³/mol. The van der Waals surface area contributed by atoms with Crippen LogP contribution < -0.4 is 10.1 Å². The Morgan fingerprint density at radius 2 is 2.11 bits per heavy atom. The summed E-state index contributed by atoms with van der Waals surface area (Å²) in [6, 6.07) is 11.3. The molecule has 3 heterocycles. The lowest BCUT2D eigenvalue weighted by Crippen LogP contribution is -2.42. The summed E-state index contributed by atoms with van der Waals surface area (Å²) in [6.07, 6.45) is 3.77. The Kier molecular flexibility index (Phi) is 5.01. The van der Waals surface area contributed by atoms with Gasteiger partial charge < -0.3 is 9.64 Å². The van der Waals surface area contributed by atoms with Crippen LogP contribution in [0.5, 0.6) is 5.75 Å². The number of anilines is 1. The van der Waals surface area contributed by atoms with Gasteiger partial charge in [0.25, 0.3) is 0 Å². The van der Waals surface area contributed by atoms with Crippen LogP contribution in [0.15, 0.2) is 42.6 Å². The second kappa shape index (κ2) is 7.75. The van der Waals surface area contributed by atoms with Gasteiger partial charge in [-0.1, -0.05) is 0 Å². The number of aromatic amines is 1. The number of carbonyl (C=O) groups is 1. The van der Waals surface area contributed by atoms with Gasteiger partial charge in [-0.15, -0.1) is 0 Å². The number of ether oxygens (including phenoxy) is 1. The summed E-state index contributed by atoms with van der Waals surface area (Å²) in [5.41, 5.74) is 2.77. The molecule has 0 radical (unpaired) electrons. The molecule has 1 saturated heterocycles. The highest BCUT2D eigenvalue weighted by Gasteiger charge is 2.26. The van der Waals surface area contributed by atoms with Gasteiger partial charge in [0.1, 0.15) is 11.6 Å². The van der Waals surface area contributed by atoms with Crippen LogP contribution in [-0.4, -0.2) is 51.1 Å². The fourth-order valence-electron chi connectivity index (χ4n) is 3.61. The van der Waals surface area contributed by atoms with Crippen LogP contribution in [0.3, 0.4) is 0 Å². The number of carbonyl (C=O) groups excluding carboxylic acids is 1. The highest BCUT2D eigenvalue weighted by molar-refractivity contribution is 5.89. The van der Waals surface area contributed by atoms with E-state index in [0.717, 1.165) is 42.2 Å². The van der Waals surface area contributed by atoms with Crippen molar-refractivity contribution in [2.45, 2.75) is 25.7 Å². The van der Waals surface area contributed by atoms with E-state index < -0.39 is 0 Å². The number of nitrogens with one attached hydrogen (secondary N) is 2. The number of piperidine rings is 1. The zero-order valence-corrected chi connectivity index (χ0v) is 16.1. The molecular formula is C20H24N6O2. The molecule has 146 valence electrons. The van der Waals surface area contributed by atoms with Gasteiger partial charge in [-0.25, -0.2) is 9.48 Å². The minimum Gasteiger partial charge on any atom is -0.497 e. The molecule has 2 aromatic heterocycles. The van der Waals surface area contributed by atoms with E-state index in [1.807, 2.05) is 48.2 Å². The number of urea groups is 1. The van der Waals surface area contributed by atoms with Crippen LogP contribution in [0.4, 0.5) is 10.6 Å². The lowest BCUT2D eigenvalue weighted by atomic mass is 9.95. The van der Waals surface area contributed by atoms with E-state index in [0.29, 0.717) is 12.4 Å². The number of nitrogens with zero attached hydrogens (tertiary/aromatic N) is 4. The van der Waals surface area contributed by atoms with Gasteiger partial charge >= 0.3 is 6.03 Å². The van der Waals surface area contributed by atoms with Gasteiger partial charge in [0.05, 0.1) is 18.5 Å². The standard InChI is InChI=1S/C20H24N6O2/c1-14-12-19(26(24-14)16-5-7-17(28-2)8-6-16)22-20(27)25-11-3-4-15(13-25)18-9-10-21-23-18/h5-10,12,15H,3-4,11,13H2,1-2H3,(H,21,23)(H,22,27)/t15-/m1/s1. The fourth-order valence-corrected chi connectivity index (χ4v) is 3.61. The molecule has 2 amide bonds. The van der Waals surface area contributed by atoms with Gasteiger partial charge in [0.15, 0.2) is 0 Å². The molecule has 28 heavy (non-hydrogen) atoms. The zero-order valence-electron chi connectivity index (χ0n) is 16.1. The van der Waals surface area contributed by atoms with E-state index in [1.165, 1.54) is 0 Å². The summed E-state index contributed by atoms with van der Waals surface area (Å²) in [5.74, 6) is 1.71. The number of rotatable bonds is 4. The molecule has 1 aliphatic heterocycles. The number of aryl methyl sites for hydroxylation is 1. The molecule has 2 N–H and O–H groups in total. The van der Waals surface area contributed by atoms with Crippen molar-refractivity contribution >= 4 is 11.8 Å². The zero-order chi connectivity index (χ0) is 19.5. The summed E-state index contributed by atoms with van der Waals surface area (Å²) in [7, 11) is 1.63. The number of amides is 2. The maximum absolute atomic E-state index is 12.9. The van der Waals surface area contributed by atoms with E-state index in [-0.39, 0.29) is 11.9 Å². The first-order valence-corrected chi connectivity index (χ1v) is 9.40. The topological polar surface area (TPSA) is 88.1 Å². The van der Waals surface area contributed by atoms with Crippen molar-refractivity contribution in [2.75, 3.05) is 25.5 Å². The molecule has 1 fully saturated rings. The third kappa shape index (κ3) is 3.71. The smallest absolute Gasteiger partial charge is 0.323 e. The van der Waals surface area contributed by atoms with Crippen molar-refractivity contribution in [1.29, 1.82) is 0 Å². The second-order valence-electron chi connectivity index (χ2n) is 7.01. The molecule has 1 atom stereocenters. The number of aromatic nitrogens is 4. The number of H-pyrrole nitrogens is 1. The molecule has 0 spiro atoms. The fraction of sp³-hybridized carbons (Fsp3) is 0.350. The first-order chi connectivity index (χ1) is 13.6. The molecule has 0 unspecified atom stereocenters. The molecule has 1 aliphatic rings. The number of methoxy groups -OCH3 is 1. The lowest BCUT2D eigenvalue weighted by Gasteiger charge is -2.32. The van der Waals surface area contributed by atoms with Gasteiger partial charge in [-0.3, -0.25) is 10.4 Å². The van der Waals surface area contributed by atoms with E-state index in [1.54, 1.807) is 18.0 Å². The third-order valence-corrected chi connectivity index (χ3v) is 5.05. The molecule has 0 saturated carbocycles. The van der Waals surface area contributed by atoms with E-state index in [2.05, 4.69) is 20.6 Å². The molecule has 4 rings (SSSR count). The van der Waals surface area contributed by atoms with E-state index in [4.69, 9.17) is 4.74 Å². The van der Waals surface area contributed by atoms with Gasteiger partial charge in [0.2, 0.25) is 0 Å². The average Bonchev–Trinajstić information content (AvgIpc) is 3.38. The average molecular weight is 380 g/mol. The maximum Gasteiger partial charge on any atom is 0.323 e. The SMILES string of the molecule is COc1ccc(-n2nc(C)cc2NC(=O)N2CCC[C@@H](c3ccn[nH]3)C2)cc1. The summed E-state index contributed by atoms with van der Waals surface area (Å²) in [6.45, 7) is 3.32. The monoisotopic (exact) mass is 380 g/mol. The molecule has 3 aromatic rings. The Bertz CT molecular complexity index is 932. The Morgan fingerprint density at radius 1 is 1.29 bits per heavy atom. The van der Waals surface area contributed by atoms with Gasteiger partial charge in [-0.2, -0.15) is 10.2 Å². The van der Waals surface area contributed by atoms with Gasteiger partial charge in [-0.05, 0) is 50.1 Å². The van der Waals surface area contributed by atoms with Crippen LogP contribution in [0, 0.1) is 6.92 Å². The molecule has 8 heteroatoms. The van der Waals surface area contributed by atoms with E-state index >= 15 is 0 Å². The molecule has 8 nitrogen and oxygen atoms in total. The third-order valence-electron chi connectivity index (χ3n) is 5.05. The number of hydrogen-bond donors (Lipinski definition) is 2. The van der Waals surface area contributed by atoms with Crippen molar-refractivity contribution in [3.63, 3.8) is 0 Å². The van der Waals surface area contributed by atoms with Crippen LogP contribution in [0.1, 0.15) is 30.1 Å². The largest absolute Gasteiger partial charge is 0.497 e. The Labute approximate surface area is 163 Å². The summed E-state index contributed by atoms with van der Waals surface area (Å²) in [5, 5.41) is 14.6. The minimum absolute atomic E-state index is 0.112. The molecule has 0 aliphatic carbocycles. The van der Waals surface area contributed by atoms with E-state index in [9.17, 15) is 4.79 Å². The summed E-state index contributed by atoms with van der Waals surface area (Å²) >= 11 is 0. The van der Waals surface area contributed by atoms with Crippen LogP contribution >= 0.6 is 0 Å². The number of hydrogen-bond acceptors (Lipinski definition) is 4. The van der Waals surface area contributed by atoms with Crippen LogP contribution in [-0.2, 0) is 0 Å². The van der Waals surface area contributed by atoms with Gasteiger partial charge in [0, 0.05) is 37.0 Å². The van der Waals surface area contributed by atoms with Crippen molar-refractivity contribution in [3.05, 3.63) is 54.0 Å². The van der Waals surface area contributed by atoms with Crippen molar-refractivity contribution in [1.82, 2.24) is 24.9 Å². The Morgan fingerprint density at radius 3 is 2.82 bits per heavy atom. The number of likely N-dealkylation sites (tertiary alicyclic amines) is 1. The maximum atomic E-state index is 12.9. The van der Waals surface area contributed by atoms with Crippen molar-refractivity contribution in [2.24, 2.45) is 0 Å². The highest BCUT2D eigenvalue weighted by atomic mass is 16.5. The first-order valence-electron chi connectivity index (χ1n) is 9.40. The normalized spacial score (nSPS) is 16.8. The molecule has 1 aromatic carbocycles. The number of benzene rings is 1. The van der Waals surface area contributed by atoms with Crippen LogP contribution in [0.2, 0.25) is 0 Å². The lowest BCUT2D eigenvalue weighted by molar-refractivity contribution is 0.192. The predicted octanol–water partition coefficient (Wildman–Crippen LogP) is 3.32.